The Morgan fingerprint density at radius 1 is 1.35 bits per heavy atom. The monoisotopic (exact) mass is 274 g/mol. The minimum atomic E-state index is -4.73. The molecule has 2 aliphatic rings. The molecule has 2 fully saturated rings. The smallest absolute Gasteiger partial charge is 0.448 e. The van der Waals surface area contributed by atoms with Gasteiger partial charge in [-0.15, -0.1) is 0 Å². The molecule has 0 spiro atoms. The SMILES string of the molecule is O=C1CCC2CN(C[B-](F)(F)F)CCC2N1.[K+]. The maximum absolute atomic E-state index is 12.3. The number of hydrogen-bond acceptors (Lipinski definition) is 2. The summed E-state index contributed by atoms with van der Waals surface area (Å²) in [6.07, 6.45) is 1.05. The molecular formula is C9H15BF3KN2O. The van der Waals surface area contributed by atoms with Crippen LogP contribution in [0.25, 0.3) is 0 Å². The number of halogens is 3. The zero-order valence-corrected chi connectivity index (χ0v) is 13.1. The zero-order chi connectivity index (χ0) is 11.8. The van der Waals surface area contributed by atoms with Crippen LogP contribution in [-0.4, -0.2) is 43.4 Å². The number of carbonyl (C=O) groups excluding carboxylic acids is 1. The van der Waals surface area contributed by atoms with E-state index in [0.29, 0.717) is 25.9 Å². The van der Waals surface area contributed by atoms with Crippen LogP contribution >= 0.6 is 0 Å². The Bertz CT molecular complexity index is 290. The van der Waals surface area contributed by atoms with Gasteiger partial charge in [-0.25, -0.2) is 0 Å². The molecule has 92 valence electrons. The van der Waals surface area contributed by atoms with Gasteiger partial charge in [-0.1, -0.05) is 0 Å². The van der Waals surface area contributed by atoms with Crippen LogP contribution in [0.1, 0.15) is 19.3 Å². The van der Waals surface area contributed by atoms with E-state index in [2.05, 4.69) is 5.32 Å². The van der Waals surface area contributed by atoms with Gasteiger partial charge in [0.15, 0.2) is 0 Å². The molecule has 2 aliphatic heterocycles. The van der Waals surface area contributed by atoms with Gasteiger partial charge in [0.1, 0.15) is 0 Å². The average Bonchev–Trinajstić information content (AvgIpc) is 2.16. The first-order chi connectivity index (χ1) is 7.44. The van der Waals surface area contributed by atoms with E-state index < -0.39 is 13.4 Å². The van der Waals surface area contributed by atoms with E-state index in [1.165, 1.54) is 4.90 Å². The Kier molecular flexibility index (Phi) is 6.00. The van der Waals surface area contributed by atoms with Crippen LogP contribution in [0.4, 0.5) is 12.9 Å². The van der Waals surface area contributed by atoms with E-state index in [-0.39, 0.29) is 69.3 Å². The van der Waals surface area contributed by atoms with E-state index in [0.717, 1.165) is 6.42 Å². The van der Waals surface area contributed by atoms with Crippen molar-refractivity contribution < 1.29 is 69.1 Å². The van der Waals surface area contributed by atoms with E-state index >= 15 is 0 Å². The molecule has 2 heterocycles. The van der Waals surface area contributed by atoms with Crippen LogP contribution in [0.3, 0.4) is 0 Å². The van der Waals surface area contributed by atoms with E-state index in [1.54, 1.807) is 0 Å². The predicted octanol–water partition coefficient (Wildman–Crippen LogP) is -2.02. The first-order valence-electron chi connectivity index (χ1n) is 5.67. The van der Waals surface area contributed by atoms with E-state index in [9.17, 15) is 17.7 Å². The molecule has 1 amide bonds. The molecule has 0 aromatic heterocycles. The van der Waals surface area contributed by atoms with Crippen LogP contribution < -0.4 is 56.7 Å². The summed E-state index contributed by atoms with van der Waals surface area (Å²) in [6.45, 7) is -3.83. The number of fused-ring (bicyclic) bond motifs is 1. The van der Waals surface area contributed by atoms with Gasteiger partial charge >= 0.3 is 58.4 Å². The fraction of sp³-hybridized carbons (Fsp3) is 0.889. The van der Waals surface area contributed by atoms with Crippen molar-refractivity contribution in [3.05, 3.63) is 0 Å². The molecule has 2 atom stereocenters. The maximum atomic E-state index is 12.3. The second kappa shape index (κ2) is 6.38. The summed E-state index contributed by atoms with van der Waals surface area (Å²) in [5.41, 5.74) is 0. The van der Waals surface area contributed by atoms with Crippen molar-refractivity contribution in [1.29, 1.82) is 0 Å². The number of carbonyl (C=O) groups is 1. The number of likely N-dealkylation sites (tertiary alicyclic amines) is 1. The van der Waals surface area contributed by atoms with Crippen LogP contribution in [0.15, 0.2) is 0 Å². The van der Waals surface area contributed by atoms with Gasteiger partial charge in [0.2, 0.25) is 5.91 Å². The van der Waals surface area contributed by atoms with Crippen molar-refractivity contribution in [2.45, 2.75) is 25.3 Å². The third-order valence-corrected chi connectivity index (χ3v) is 3.37. The van der Waals surface area contributed by atoms with Gasteiger partial charge in [0.25, 0.3) is 0 Å². The molecule has 8 heteroatoms. The second-order valence-corrected chi connectivity index (χ2v) is 4.73. The molecule has 0 saturated carbocycles. The van der Waals surface area contributed by atoms with Crippen molar-refractivity contribution in [1.82, 2.24) is 10.2 Å². The third kappa shape index (κ3) is 4.83. The first kappa shape index (κ1) is 16.0. The zero-order valence-electron chi connectivity index (χ0n) is 9.96. The summed E-state index contributed by atoms with van der Waals surface area (Å²) in [4.78, 5) is 12.6. The largest absolute Gasteiger partial charge is 1.00 e. The standard InChI is InChI=1S/C9H15BF3N2O.K/c11-10(12,13)6-15-4-3-8-7(5-15)1-2-9(16)14-8;/h7-8H,1-6H2,(H,14,16);/q-1;+1. The fourth-order valence-corrected chi connectivity index (χ4v) is 2.64. The Morgan fingerprint density at radius 3 is 2.71 bits per heavy atom. The van der Waals surface area contributed by atoms with Crippen LogP contribution in [0, 0.1) is 5.92 Å². The van der Waals surface area contributed by atoms with Gasteiger partial charge in [0.05, 0.1) is 0 Å². The molecular weight excluding hydrogens is 259 g/mol. The van der Waals surface area contributed by atoms with Crippen LogP contribution in [-0.2, 0) is 4.79 Å². The molecule has 0 aromatic rings. The van der Waals surface area contributed by atoms with Gasteiger partial charge < -0.3 is 23.2 Å². The van der Waals surface area contributed by atoms with Crippen LogP contribution in [0.2, 0.25) is 0 Å². The molecule has 17 heavy (non-hydrogen) atoms. The number of hydrogen-bond donors (Lipinski definition) is 1. The summed E-state index contributed by atoms with van der Waals surface area (Å²) in [7, 11) is 0. The summed E-state index contributed by atoms with van der Waals surface area (Å²) in [5, 5.41) is 2.86. The normalized spacial score (nSPS) is 30.2. The minimum absolute atomic E-state index is 0. The van der Waals surface area contributed by atoms with Crippen molar-refractivity contribution in [2.24, 2.45) is 5.92 Å². The number of amides is 1. The topological polar surface area (TPSA) is 32.3 Å². The Labute approximate surface area is 141 Å². The fourth-order valence-electron chi connectivity index (χ4n) is 2.64. The molecule has 0 aliphatic carbocycles. The number of rotatable bonds is 2. The van der Waals surface area contributed by atoms with Crippen LogP contribution in [0.5, 0.6) is 0 Å². The molecule has 0 aromatic carbocycles. The summed E-state index contributed by atoms with van der Waals surface area (Å²) in [5.74, 6) is 0.236. The van der Waals surface area contributed by atoms with Gasteiger partial charge in [0, 0.05) is 12.5 Å². The minimum Gasteiger partial charge on any atom is -0.448 e. The summed E-state index contributed by atoms with van der Waals surface area (Å²) >= 11 is 0. The van der Waals surface area contributed by atoms with Gasteiger partial charge in [-0.2, -0.15) is 0 Å². The second-order valence-electron chi connectivity index (χ2n) is 4.73. The Balaban J connectivity index is 0.00000144. The van der Waals surface area contributed by atoms with Crippen molar-refractivity contribution >= 4 is 12.9 Å². The number of piperidine rings is 2. The van der Waals surface area contributed by atoms with Crippen molar-refractivity contribution in [2.75, 3.05) is 19.5 Å². The van der Waals surface area contributed by atoms with Gasteiger partial charge in [-0.3, -0.25) is 4.79 Å². The summed E-state index contributed by atoms with van der Waals surface area (Å²) < 4.78 is 36.8. The maximum Gasteiger partial charge on any atom is 1.00 e. The molecule has 0 radical (unpaired) electrons. The first-order valence-corrected chi connectivity index (χ1v) is 5.67. The molecule has 3 nitrogen and oxygen atoms in total. The molecule has 2 unspecified atom stereocenters. The quantitative estimate of drug-likeness (QED) is 0.590. The van der Waals surface area contributed by atoms with Gasteiger partial charge in [-0.05, 0) is 38.3 Å². The Morgan fingerprint density at radius 2 is 2.06 bits per heavy atom. The summed E-state index contributed by atoms with van der Waals surface area (Å²) in [6, 6.07) is 0.0956. The third-order valence-electron chi connectivity index (χ3n) is 3.37. The van der Waals surface area contributed by atoms with Crippen molar-refractivity contribution in [3.63, 3.8) is 0 Å². The molecule has 2 saturated heterocycles. The molecule has 0 bridgehead atoms. The van der Waals surface area contributed by atoms with E-state index in [4.69, 9.17) is 0 Å². The molecule has 2 rings (SSSR count). The van der Waals surface area contributed by atoms with E-state index in [1.807, 2.05) is 0 Å². The number of nitrogens with zero attached hydrogens (tertiary/aromatic N) is 1. The Hall–Kier alpha value is 0.921. The van der Waals surface area contributed by atoms with Crippen molar-refractivity contribution in [3.8, 4) is 0 Å². The predicted molar refractivity (Wildman–Crippen MR) is 54.8 cm³/mol. The average molecular weight is 274 g/mol. The number of nitrogens with one attached hydrogen (secondary N) is 1. The molecule has 1 N–H and O–H groups in total.